The van der Waals surface area contributed by atoms with Gasteiger partial charge < -0.3 is 0 Å². The molecule has 0 rings (SSSR count). The molecule has 0 amide bonds. The maximum atomic E-state index is 5.56. The molecule has 0 aliphatic rings. The average Bonchev–Trinajstić information content (AvgIpc) is 1.00. The molecule has 0 aliphatic carbocycles. The van der Waals surface area contributed by atoms with Gasteiger partial charge in [-0.1, -0.05) is 0 Å². The van der Waals surface area contributed by atoms with E-state index < -0.39 is 0 Å². The second-order valence-electron chi connectivity index (χ2n) is 0. The minimum atomic E-state index is 0. The van der Waals surface area contributed by atoms with Crippen LogP contribution in [0.25, 0.3) is 0 Å². The van der Waals surface area contributed by atoms with Gasteiger partial charge in [-0.2, -0.15) is 0 Å². The first kappa shape index (κ1) is 17.9. The van der Waals surface area contributed by atoms with E-state index in [0.29, 0.717) is 0 Å². The monoisotopic (exact) mass is 249 g/mol. The zero-order valence-electron chi connectivity index (χ0n) is 1.91. The summed E-state index contributed by atoms with van der Waals surface area (Å²) in [4.78, 5) is 0. The summed E-state index contributed by atoms with van der Waals surface area (Å²) in [5.41, 5.74) is 0. The zero-order valence-corrected chi connectivity index (χ0v) is 7.48. The third-order valence-corrected chi connectivity index (χ3v) is 0. The van der Waals surface area contributed by atoms with Crippen LogP contribution in [-0.4, -0.2) is 41.0 Å². The molecule has 0 atom stereocenters. The van der Waals surface area contributed by atoms with Gasteiger partial charge in [-0.05, 0) is 0 Å². The van der Waals surface area contributed by atoms with Crippen LogP contribution < -0.4 is 0 Å². The maximum Gasteiger partial charge on any atom is 0 e. The number of hydrogen-bond acceptors (Lipinski definition) is 1. The van der Waals surface area contributed by atoms with Crippen molar-refractivity contribution in [1.29, 1.82) is 4.78 Å². The second-order valence-corrected chi connectivity index (χ2v) is 0. The van der Waals surface area contributed by atoms with Crippen molar-refractivity contribution >= 4 is 53.4 Å². The summed E-state index contributed by atoms with van der Waals surface area (Å²) in [5, 5.41) is 0. The fraction of sp³-hybridized carbons (Fsp3) is 0. The topological polar surface area (TPSA) is 23.9 Å². The molecule has 0 aromatic carbocycles. The van der Waals surface area contributed by atoms with Crippen LogP contribution in [0.1, 0.15) is 0 Å². The quantitative estimate of drug-likeness (QED) is 0.531. The summed E-state index contributed by atoms with van der Waals surface area (Å²) in [6.07, 6.45) is 0. The van der Waals surface area contributed by atoms with Crippen molar-refractivity contribution < 1.29 is 0 Å². The Labute approximate surface area is 57.9 Å². The first-order valence-corrected chi connectivity index (χ1v) is 0.750. The van der Waals surface area contributed by atoms with Crippen LogP contribution in [0.3, 0.4) is 0 Å². The number of nitrogens with one attached hydrogen (secondary N) is 1. The second kappa shape index (κ2) is 24.9. The maximum absolute atomic E-state index is 5.56. The molecular formula is H3NSSeSn. The van der Waals surface area contributed by atoms with Crippen LogP contribution >= 0.6 is 0 Å². The smallest absolute Gasteiger partial charge is 0 e. The van der Waals surface area contributed by atoms with Crippen LogP contribution in [0.4, 0.5) is 0 Å². The van der Waals surface area contributed by atoms with E-state index in [1.165, 1.54) is 0 Å². The zero-order chi connectivity index (χ0) is 2.00. The van der Waals surface area contributed by atoms with E-state index in [2.05, 4.69) is 12.4 Å². The van der Waals surface area contributed by atoms with E-state index in [9.17, 15) is 0 Å². The van der Waals surface area contributed by atoms with E-state index in [-0.39, 0.29) is 41.0 Å². The largest absolute Gasteiger partial charge is 0.286 e. The molecule has 0 bridgehead atoms. The van der Waals surface area contributed by atoms with Crippen molar-refractivity contribution in [3.05, 3.63) is 0 Å². The van der Waals surface area contributed by atoms with E-state index in [1.54, 1.807) is 0 Å². The molecular weight excluding hydrogens is 244 g/mol. The van der Waals surface area contributed by atoms with Gasteiger partial charge in [-0.3, -0.25) is 4.78 Å². The number of hydrogen-bond donors (Lipinski definition) is 1. The first-order chi connectivity index (χ1) is 1.00. The summed E-state index contributed by atoms with van der Waals surface area (Å²) in [7, 11) is 0. The Balaban J connectivity index is -0.00000000500. The number of rotatable bonds is 0. The van der Waals surface area contributed by atoms with Crippen molar-refractivity contribution in [3.63, 3.8) is 0 Å². The molecule has 0 saturated heterocycles. The van der Waals surface area contributed by atoms with Gasteiger partial charge in [0.2, 0.25) is 0 Å². The van der Waals surface area contributed by atoms with Crippen molar-refractivity contribution in [2.75, 3.05) is 0 Å². The molecule has 24 valence electrons. The summed E-state index contributed by atoms with van der Waals surface area (Å²) in [6.45, 7) is 0. The van der Waals surface area contributed by atoms with Crippen LogP contribution in [0.2, 0.25) is 0 Å². The van der Waals surface area contributed by atoms with Crippen LogP contribution in [0, 0.1) is 4.78 Å². The van der Waals surface area contributed by atoms with Gasteiger partial charge in [0.1, 0.15) is 0 Å². The molecule has 0 fully saturated rings. The molecule has 0 spiro atoms. The summed E-state index contributed by atoms with van der Waals surface area (Å²) in [6, 6.07) is 0. The predicted molar refractivity (Wildman–Crippen MR) is 24.4 cm³/mol. The molecule has 6 radical (unpaired) electrons. The van der Waals surface area contributed by atoms with E-state index in [4.69, 9.17) is 4.78 Å². The average molecular weight is 247 g/mol. The van der Waals surface area contributed by atoms with Gasteiger partial charge in [0.15, 0.2) is 0 Å². The minimum Gasteiger partial charge on any atom is -0.286 e. The van der Waals surface area contributed by atoms with Crippen molar-refractivity contribution in [2.45, 2.75) is 0 Å². The van der Waals surface area contributed by atoms with E-state index in [1.807, 2.05) is 0 Å². The predicted octanol–water partition coefficient (Wildman–Crippen LogP) is -1.00. The molecule has 1 nitrogen and oxygen atoms in total. The fourth-order valence-electron chi connectivity index (χ4n) is 0. The summed E-state index contributed by atoms with van der Waals surface area (Å²) >= 11 is 2.22. The first-order valence-electron chi connectivity index (χ1n) is 0.250. The van der Waals surface area contributed by atoms with Crippen molar-refractivity contribution in [2.24, 2.45) is 0 Å². The van der Waals surface area contributed by atoms with Gasteiger partial charge in [0, 0.05) is 41.0 Å². The van der Waals surface area contributed by atoms with Crippen LogP contribution in [0.5, 0.6) is 0 Å². The van der Waals surface area contributed by atoms with Crippen molar-refractivity contribution in [1.82, 2.24) is 0 Å². The Kier molecular flexibility index (Phi) is 112. The Morgan fingerprint density at radius 3 is 1.25 bits per heavy atom. The Morgan fingerprint density at radius 2 is 1.25 bits per heavy atom. The van der Waals surface area contributed by atoms with Crippen molar-refractivity contribution in [3.8, 4) is 0 Å². The van der Waals surface area contributed by atoms with Gasteiger partial charge >= 0.3 is 0 Å². The van der Waals surface area contributed by atoms with Crippen LogP contribution in [-0.2, 0) is 12.4 Å². The molecule has 0 unspecified atom stereocenters. The molecule has 4 heavy (non-hydrogen) atoms. The third kappa shape index (κ3) is 9.80. The molecule has 1 N–H and O–H groups in total. The van der Waals surface area contributed by atoms with E-state index >= 15 is 0 Å². The van der Waals surface area contributed by atoms with Crippen LogP contribution in [0.15, 0.2) is 0 Å². The Bertz CT molecular complexity index is 8.00. The fourth-order valence-corrected chi connectivity index (χ4v) is 0. The molecule has 0 heterocycles. The van der Waals surface area contributed by atoms with Gasteiger partial charge in [-0.15, -0.1) is 12.4 Å². The third-order valence-electron chi connectivity index (χ3n) is 0. The SMILES string of the molecule is N=[SH2].[Se].[Sn]. The summed E-state index contributed by atoms with van der Waals surface area (Å²) < 4.78 is 5.56. The molecule has 0 saturated carbocycles. The van der Waals surface area contributed by atoms with E-state index in [0.717, 1.165) is 0 Å². The molecule has 0 aliphatic heterocycles. The van der Waals surface area contributed by atoms with Gasteiger partial charge in [-0.25, -0.2) is 0 Å². The summed E-state index contributed by atoms with van der Waals surface area (Å²) in [5.74, 6) is 0. The van der Waals surface area contributed by atoms with Gasteiger partial charge in [0.25, 0.3) is 0 Å². The Hall–Kier alpha value is 1.47. The molecule has 0 aromatic heterocycles. The minimum absolute atomic E-state index is 0. The standard InChI is InChI=1S/H3NS.Se.Sn/c1-2;;/h1H,2H2;;. The van der Waals surface area contributed by atoms with Gasteiger partial charge in [0.05, 0.1) is 0 Å². The Morgan fingerprint density at radius 1 is 1.25 bits per heavy atom. The molecule has 0 aromatic rings. The normalized spacial score (nSPS) is 1.25. The molecule has 4 heteroatoms.